The third-order valence-corrected chi connectivity index (χ3v) is 3.81. The highest BCUT2D eigenvalue weighted by Gasteiger charge is 2.16. The van der Waals surface area contributed by atoms with Crippen molar-refractivity contribution in [3.8, 4) is 0 Å². The normalized spacial score (nSPS) is 21.1. The molecule has 0 radical (unpaired) electrons. The zero-order valence-corrected chi connectivity index (χ0v) is 8.28. The van der Waals surface area contributed by atoms with Crippen LogP contribution in [0.1, 0.15) is 25.7 Å². The summed E-state index contributed by atoms with van der Waals surface area (Å²) in [4.78, 5) is 0. The van der Waals surface area contributed by atoms with Crippen LogP contribution in [0.2, 0.25) is 0 Å². The van der Waals surface area contributed by atoms with Gasteiger partial charge in [0.25, 0.3) is 0 Å². The molecule has 1 saturated carbocycles. The van der Waals surface area contributed by atoms with Crippen LogP contribution >= 0.6 is 11.8 Å². The molecule has 0 heterocycles. The van der Waals surface area contributed by atoms with E-state index in [4.69, 9.17) is 5.84 Å². The summed E-state index contributed by atoms with van der Waals surface area (Å²) in [5.74, 6) is 6.39. The summed E-state index contributed by atoms with van der Waals surface area (Å²) >= 11 is 2.03. The Balaban J connectivity index is 2.10. The maximum absolute atomic E-state index is 5.33. The third-order valence-electron chi connectivity index (χ3n) is 2.31. The van der Waals surface area contributed by atoms with Gasteiger partial charge in [-0.15, -0.1) is 6.58 Å². The largest absolute Gasteiger partial charge is 0.271 e. The van der Waals surface area contributed by atoms with Gasteiger partial charge >= 0.3 is 0 Å². The zero-order chi connectivity index (χ0) is 8.81. The first-order valence-corrected chi connectivity index (χ1v) is 5.62. The molecular formula is C9H18N2S. The molecule has 0 bridgehead atoms. The molecule has 1 unspecified atom stereocenters. The van der Waals surface area contributed by atoms with Crippen molar-refractivity contribution in [3.63, 3.8) is 0 Å². The SMILES string of the molecule is C=CC(CSC1CCCC1)NN. The Morgan fingerprint density at radius 3 is 2.75 bits per heavy atom. The van der Waals surface area contributed by atoms with Gasteiger partial charge in [-0.1, -0.05) is 18.9 Å². The highest BCUT2D eigenvalue weighted by atomic mass is 32.2. The number of nitrogens with two attached hydrogens (primary N) is 1. The van der Waals surface area contributed by atoms with Crippen LogP contribution in [0.15, 0.2) is 12.7 Å². The summed E-state index contributed by atoms with van der Waals surface area (Å²) in [7, 11) is 0. The van der Waals surface area contributed by atoms with Crippen LogP contribution in [0.25, 0.3) is 0 Å². The summed E-state index contributed by atoms with van der Waals surface area (Å²) in [6.07, 6.45) is 7.47. The number of hydrogen-bond acceptors (Lipinski definition) is 3. The fourth-order valence-corrected chi connectivity index (χ4v) is 2.86. The van der Waals surface area contributed by atoms with Crippen LogP contribution in [0.3, 0.4) is 0 Å². The lowest BCUT2D eigenvalue weighted by molar-refractivity contribution is 0.676. The van der Waals surface area contributed by atoms with Crippen molar-refractivity contribution in [2.45, 2.75) is 37.0 Å². The molecule has 1 aliphatic rings. The second-order valence-corrected chi connectivity index (χ2v) is 4.58. The van der Waals surface area contributed by atoms with E-state index in [1.807, 2.05) is 17.8 Å². The quantitative estimate of drug-likeness (QED) is 0.390. The van der Waals surface area contributed by atoms with E-state index in [0.717, 1.165) is 11.0 Å². The second-order valence-electron chi connectivity index (χ2n) is 3.25. The van der Waals surface area contributed by atoms with E-state index in [1.165, 1.54) is 25.7 Å². The lowest BCUT2D eigenvalue weighted by atomic mass is 10.3. The highest BCUT2D eigenvalue weighted by Crippen LogP contribution is 2.29. The molecule has 1 rings (SSSR count). The summed E-state index contributed by atoms with van der Waals surface area (Å²) in [6, 6.07) is 0.274. The number of hydrazine groups is 1. The van der Waals surface area contributed by atoms with Gasteiger partial charge in [0, 0.05) is 17.0 Å². The molecular weight excluding hydrogens is 168 g/mol. The fourth-order valence-electron chi connectivity index (χ4n) is 1.48. The van der Waals surface area contributed by atoms with Gasteiger partial charge in [0.2, 0.25) is 0 Å². The predicted octanol–water partition coefficient (Wildman–Crippen LogP) is 1.68. The molecule has 1 atom stereocenters. The molecule has 3 N–H and O–H groups in total. The Labute approximate surface area is 78.9 Å². The third kappa shape index (κ3) is 3.17. The van der Waals surface area contributed by atoms with E-state index < -0.39 is 0 Å². The van der Waals surface area contributed by atoms with Crippen molar-refractivity contribution in [1.82, 2.24) is 5.43 Å². The van der Waals surface area contributed by atoms with E-state index in [0.29, 0.717) is 0 Å². The Hall–Kier alpha value is 0.01000. The first-order chi connectivity index (χ1) is 5.86. The summed E-state index contributed by atoms with van der Waals surface area (Å²) < 4.78 is 0. The lowest BCUT2D eigenvalue weighted by Gasteiger charge is -2.13. The monoisotopic (exact) mass is 186 g/mol. The standard InChI is InChI=1S/C9H18N2S/c1-2-8(11-10)7-12-9-5-3-4-6-9/h2,8-9,11H,1,3-7,10H2. The molecule has 0 aromatic carbocycles. The summed E-state index contributed by atoms with van der Waals surface area (Å²) in [5.41, 5.74) is 2.74. The van der Waals surface area contributed by atoms with Gasteiger partial charge < -0.3 is 0 Å². The van der Waals surface area contributed by atoms with Crippen molar-refractivity contribution in [3.05, 3.63) is 12.7 Å². The maximum atomic E-state index is 5.33. The smallest absolute Gasteiger partial charge is 0.0478 e. The number of thioether (sulfide) groups is 1. The molecule has 3 heteroatoms. The molecule has 0 saturated heterocycles. The van der Waals surface area contributed by atoms with Crippen molar-refractivity contribution >= 4 is 11.8 Å². The van der Waals surface area contributed by atoms with E-state index >= 15 is 0 Å². The van der Waals surface area contributed by atoms with Gasteiger partial charge in [-0.2, -0.15) is 11.8 Å². The van der Waals surface area contributed by atoms with Crippen molar-refractivity contribution in [2.24, 2.45) is 5.84 Å². The average Bonchev–Trinajstić information content (AvgIpc) is 2.59. The van der Waals surface area contributed by atoms with Crippen molar-refractivity contribution in [1.29, 1.82) is 0 Å². The first-order valence-electron chi connectivity index (χ1n) is 4.57. The van der Waals surface area contributed by atoms with Gasteiger partial charge in [0.05, 0.1) is 0 Å². The number of hydrogen-bond donors (Lipinski definition) is 2. The average molecular weight is 186 g/mol. The Kier molecular flexibility index (Phi) is 4.73. The Morgan fingerprint density at radius 2 is 2.25 bits per heavy atom. The van der Waals surface area contributed by atoms with E-state index in [1.54, 1.807) is 0 Å². The summed E-state index contributed by atoms with van der Waals surface area (Å²) in [5, 5.41) is 0.876. The van der Waals surface area contributed by atoms with E-state index in [9.17, 15) is 0 Å². The highest BCUT2D eigenvalue weighted by molar-refractivity contribution is 7.99. The van der Waals surface area contributed by atoms with E-state index in [2.05, 4.69) is 12.0 Å². The number of rotatable bonds is 5. The van der Waals surface area contributed by atoms with Crippen LogP contribution in [0.5, 0.6) is 0 Å². The molecule has 1 aliphatic carbocycles. The van der Waals surface area contributed by atoms with Gasteiger partial charge in [0.1, 0.15) is 0 Å². The lowest BCUT2D eigenvalue weighted by Crippen LogP contribution is -2.35. The minimum absolute atomic E-state index is 0.274. The van der Waals surface area contributed by atoms with Gasteiger partial charge in [-0.25, -0.2) is 0 Å². The van der Waals surface area contributed by atoms with Crippen LogP contribution in [0.4, 0.5) is 0 Å². The molecule has 0 aliphatic heterocycles. The van der Waals surface area contributed by atoms with Crippen LogP contribution in [-0.4, -0.2) is 17.0 Å². The molecule has 0 aromatic rings. The van der Waals surface area contributed by atoms with Crippen molar-refractivity contribution < 1.29 is 0 Å². The molecule has 70 valence electrons. The van der Waals surface area contributed by atoms with Crippen LogP contribution in [0, 0.1) is 0 Å². The Morgan fingerprint density at radius 1 is 1.58 bits per heavy atom. The maximum Gasteiger partial charge on any atom is 0.0478 e. The number of nitrogens with one attached hydrogen (secondary N) is 1. The minimum Gasteiger partial charge on any atom is -0.271 e. The molecule has 12 heavy (non-hydrogen) atoms. The topological polar surface area (TPSA) is 38.0 Å². The molecule has 1 fully saturated rings. The predicted molar refractivity (Wildman–Crippen MR) is 56.0 cm³/mol. The molecule has 0 amide bonds. The first kappa shape index (κ1) is 10.1. The Bertz CT molecular complexity index is 132. The second kappa shape index (κ2) is 5.62. The van der Waals surface area contributed by atoms with Crippen LogP contribution in [-0.2, 0) is 0 Å². The zero-order valence-electron chi connectivity index (χ0n) is 7.46. The fraction of sp³-hybridized carbons (Fsp3) is 0.778. The van der Waals surface area contributed by atoms with Crippen molar-refractivity contribution in [2.75, 3.05) is 5.75 Å². The van der Waals surface area contributed by atoms with Gasteiger partial charge in [-0.05, 0) is 12.8 Å². The van der Waals surface area contributed by atoms with Gasteiger partial charge in [-0.3, -0.25) is 11.3 Å². The molecule has 0 aromatic heterocycles. The minimum atomic E-state index is 0.274. The van der Waals surface area contributed by atoms with Gasteiger partial charge in [0.15, 0.2) is 0 Å². The summed E-state index contributed by atoms with van der Waals surface area (Å²) in [6.45, 7) is 3.72. The van der Waals surface area contributed by atoms with Crippen LogP contribution < -0.4 is 11.3 Å². The molecule has 0 spiro atoms. The van der Waals surface area contributed by atoms with E-state index in [-0.39, 0.29) is 6.04 Å². The molecule has 2 nitrogen and oxygen atoms in total.